The second-order valence-electron chi connectivity index (χ2n) is 6.30. The lowest BCUT2D eigenvalue weighted by Gasteiger charge is -2.11. The quantitative estimate of drug-likeness (QED) is 0.762. The number of ether oxygens (including phenoxy) is 2. The fraction of sp³-hybridized carbons (Fsp3) is 0.400. The third kappa shape index (κ3) is 5.20. The number of hydrogen-bond donors (Lipinski definition) is 2. The highest BCUT2D eigenvalue weighted by Gasteiger charge is 2.16. The summed E-state index contributed by atoms with van der Waals surface area (Å²) in [5.74, 6) is 1.45. The zero-order valence-corrected chi connectivity index (χ0v) is 15.0. The predicted octanol–water partition coefficient (Wildman–Crippen LogP) is 2.65. The Labute approximate surface area is 153 Å². The van der Waals surface area contributed by atoms with Crippen LogP contribution in [-0.2, 0) is 11.2 Å². The maximum absolute atomic E-state index is 12.3. The molecule has 1 aromatic heterocycles. The Bertz CT molecular complexity index is 730. The Hall–Kier alpha value is -2.60. The normalized spacial score (nSPS) is 16.3. The molecule has 6 nitrogen and oxygen atoms in total. The Morgan fingerprint density at radius 2 is 2.27 bits per heavy atom. The van der Waals surface area contributed by atoms with E-state index in [0.717, 1.165) is 38.2 Å². The third-order valence-corrected chi connectivity index (χ3v) is 4.39. The number of carbonyl (C=O) groups is 1. The van der Waals surface area contributed by atoms with Crippen molar-refractivity contribution in [2.45, 2.75) is 25.4 Å². The van der Waals surface area contributed by atoms with Crippen LogP contribution < -0.4 is 15.4 Å². The number of aromatic nitrogens is 1. The number of amides is 1. The Balaban J connectivity index is 1.49. The Kier molecular flexibility index (Phi) is 6.44. The van der Waals surface area contributed by atoms with Crippen LogP contribution in [0, 0.1) is 0 Å². The summed E-state index contributed by atoms with van der Waals surface area (Å²) in [6.07, 6.45) is 4.70. The average molecular weight is 355 g/mol. The molecule has 1 atom stereocenters. The molecule has 1 aliphatic rings. The first kappa shape index (κ1) is 18.2. The largest absolute Gasteiger partial charge is 0.497 e. The molecule has 0 aliphatic carbocycles. The van der Waals surface area contributed by atoms with E-state index in [4.69, 9.17) is 9.47 Å². The number of hydrogen-bond acceptors (Lipinski definition) is 5. The minimum atomic E-state index is -0.0984. The van der Waals surface area contributed by atoms with Crippen molar-refractivity contribution in [2.24, 2.45) is 0 Å². The lowest BCUT2D eigenvalue weighted by Crippen LogP contribution is -2.31. The maximum Gasteiger partial charge on any atom is 0.251 e. The topological polar surface area (TPSA) is 72.5 Å². The Morgan fingerprint density at radius 3 is 3.08 bits per heavy atom. The van der Waals surface area contributed by atoms with E-state index < -0.39 is 0 Å². The van der Waals surface area contributed by atoms with Gasteiger partial charge in [-0.25, -0.2) is 4.98 Å². The number of pyridine rings is 1. The van der Waals surface area contributed by atoms with Crippen molar-refractivity contribution in [1.82, 2.24) is 10.3 Å². The van der Waals surface area contributed by atoms with Crippen LogP contribution in [0.4, 0.5) is 5.82 Å². The summed E-state index contributed by atoms with van der Waals surface area (Å²) in [6, 6.07) is 11.5. The van der Waals surface area contributed by atoms with Gasteiger partial charge in [-0.05, 0) is 49.1 Å². The first-order valence-electron chi connectivity index (χ1n) is 8.97. The number of anilines is 1. The van der Waals surface area contributed by atoms with Crippen molar-refractivity contribution in [2.75, 3.05) is 32.1 Å². The molecule has 26 heavy (non-hydrogen) atoms. The summed E-state index contributed by atoms with van der Waals surface area (Å²) in [5.41, 5.74) is 1.78. The molecule has 0 radical (unpaired) electrons. The standard InChI is InChI=1S/C20H25N3O3/c1-25-17-5-2-4-15(12-17)7-9-21-19-13-16(8-10-22-19)20(24)23-14-18-6-3-11-26-18/h2,4-5,8,10,12-13,18H,3,6-7,9,11,14H2,1H3,(H,21,22)(H,23,24). The minimum Gasteiger partial charge on any atom is -0.497 e. The number of carbonyl (C=O) groups excluding carboxylic acids is 1. The fourth-order valence-electron chi connectivity index (χ4n) is 2.95. The molecular weight excluding hydrogens is 330 g/mol. The van der Waals surface area contributed by atoms with Crippen LogP contribution >= 0.6 is 0 Å². The molecule has 1 aromatic carbocycles. The van der Waals surface area contributed by atoms with Gasteiger partial charge in [-0.2, -0.15) is 0 Å². The van der Waals surface area contributed by atoms with Crippen molar-refractivity contribution >= 4 is 11.7 Å². The molecule has 0 spiro atoms. The highest BCUT2D eigenvalue weighted by molar-refractivity contribution is 5.94. The summed E-state index contributed by atoms with van der Waals surface area (Å²) in [6.45, 7) is 2.07. The van der Waals surface area contributed by atoms with E-state index in [1.54, 1.807) is 25.4 Å². The second-order valence-corrected chi connectivity index (χ2v) is 6.30. The molecule has 6 heteroatoms. The van der Waals surface area contributed by atoms with Crippen LogP contribution in [0.2, 0.25) is 0 Å². The number of nitrogens with zero attached hydrogens (tertiary/aromatic N) is 1. The molecule has 1 aliphatic heterocycles. The van der Waals surface area contributed by atoms with Crippen molar-refractivity contribution in [3.63, 3.8) is 0 Å². The summed E-state index contributed by atoms with van der Waals surface area (Å²) in [7, 11) is 1.66. The Morgan fingerprint density at radius 1 is 1.35 bits per heavy atom. The van der Waals surface area contributed by atoms with Gasteiger partial charge in [-0.1, -0.05) is 12.1 Å². The van der Waals surface area contributed by atoms with E-state index >= 15 is 0 Å². The summed E-state index contributed by atoms with van der Waals surface area (Å²) < 4.78 is 10.8. The molecule has 2 heterocycles. The SMILES string of the molecule is COc1cccc(CCNc2cc(C(=O)NCC3CCCO3)ccn2)c1. The van der Waals surface area contributed by atoms with Gasteiger partial charge < -0.3 is 20.1 Å². The van der Waals surface area contributed by atoms with Crippen molar-refractivity contribution in [1.29, 1.82) is 0 Å². The first-order chi connectivity index (χ1) is 12.7. The highest BCUT2D eigenvalue weighted by atomic mass is 16.5. The van der Waals surface area contributed by atoms with Gasteiger partial charge in [-0.15, -0.1) is 0 Å². The number of methoxy groups -OCH3 is 1. The van der Waals surface area contributed by atoms with Gasteiger partial charge in [0.2, 0.25) is 0 Å². The first-order valence-corrected chi connectivity index (χ1v) is 8.97. The lowest BCUT2D eigenvalue weighted by atomic mass is 10.1. The molecule has 3 rings (SSSR count). The zero-order valence-electron chi connectivity index (χ0n) is 15.0. The van der Waals surface area contributed by atoms with Crippen LogP contribution in [0.15, 0.2) is 42.6 Å². The molecule has 2 N–H and O–H groups in total. The molecule has 0 bridgehead atoms. The van der Waals surface area contributed by atoms with Gasteiger partial charge >= 0.3 is 0 Å². The zero-order chi connectivity index (χ0) is 18.2. The molecule has 1 fully saturated rings. The summed E-state index contributed by atoms with van der Waals surface area (Å²) in [4.78, 5) is 16.6. The molecular formula is C20H25N3O3. The van der Waals surface area contributed by atoms with Crippen LogP contribution in [0.5, 0.6) is 5.75 Å². The monoisotopic (exact) mass is 355 g/mol. The van der Waals surface area contributed by atoms with E-state index in [9.17, 15) is 4.79 Å². The molecule has 1 saturated heterocycles. The summed E-state index contributed by atoms with van der Waals surface area (Å²) >= 11 is 0. The van der Waals surface area contributed by atoms with Gasteiger partial charge in [-0.3, -0.25) is 4.79 Å². The molecule has 0 saturated carbocycles. The minimum absolute atomic E-state index is 0.0984. The lowest BCUT2D eigenvalue weighted by molar-refractivity contribution is 0.0857. The van der Waals surface area contributed by atoms with Gasteiger partial charge in [0, 0.05) is 31.5 Å². The van der Waals surface area contributed by atoms with Gasteiger partial charge in [0.25, 0.3) is 5.91 Å². The van der Waals surface area contributed by atoms with E-state index in [1.165, 1.54) is 5.56 Å². The summed E-state index contributed by atoms with van der Waals surface area (Å²) in [5, 5.41) is 6.20. The van der Waals surface area contributed by atoms with Crippen LogP contribution in [-0.4, -0.2) is 43.8 Å². The van der Waals surface area contributed by atoms with Gasteiger partial charge in [0.1, 0.15) is 11.6 Å². The number of nitrogens with one attached hydrogen (secondary N) is 2. The third-order valence-electron chi connectivity index (χ3n) is 4.39. The number of rotatable bonds is 8. The van der Waals surface area contributed by atoms with E-state index in [1.807, 2.05) is 18.2 Å². The number of benzene rings is 1. The van der Waals surface area contributed by atoms with Crippen LogP contribution in [0.1, 0.15) is 28.8 Å². The van der Waals surface area contributed by atoms with Crippen LogP contribution in [0.25, 0.3) is 0 Å². The highest BCUT2D eigenvalue weighted by Crippen LogP contribution is 2.14. The van der Waals surface area contributed by atoms with E-state index in [-0.39, 0.29) is 12.0 Å². The fourth-order valence-corrected chi connectivity index (χ4v) is 2.95. The maximum atomic E-state index is 12.3. The smallest absolute Gasteiger partial charge is 0.251 e. The van der Waals surface area contributed by atoms with Crippen molar-refractivity contribution in [3.8, 4) is 5.75 Å². The van der Waals surface area contributed by atoms with Crippen molar-refractivity contribution < 1.29 is 14.3 Å². The van der Waals surface area contributed by atoms with E-state index in [0.29, 0.717) is 17.9 Å². The molecule has 2 aromatic rings. The van der Waals surface area contributed by atoms with Crippen molar-refractivity contribution in [3.05, 3.63) is 53.7 Å². The van der Waals surface area contributed by atoms with E-state index in [2.05, 4.69) is 21.7 Å². The van der Waals surface area contributed by atoms with Gasteiger partial charge in [0.15, 0.2) is 0 Å². The second kappa shape index (κ2) is 9.20. The van der Waals surface area contributed by atoms with Gasteiger partial charge in [0.05, 0.1) is 13.2 Å². The average Bonchev–Trinajstić information content (AvgIpc) is 3.20. The molecule has 1 amide bonds. The predicted molar refractivity (Wildman–Crippen MR) is 101 cm³/mol. The molecule has 138 valence electrons. The van der Waals surface area contributed by atoms with Crippen LogP contribution in [0.3, 0.4) is 0 Å². The molecule has 1 unspecified atom stereocenters.